The molecule has 1 aromatic carbocycles. The average molecular weight is 234 g/mol. The van der Waals surface area contributed by atoms with Gasteiger partial charge in [-0.3, -0.25) is 0 Å². The first-order valence-corrected chi connectivity index (χ1v) is 6.52. The molecular formula is C15H21FN. The fourth-order valence-electron chi connectivity index (χ4n) is 2.73. The molecular weight excluding hydrogens is 213 g/mol. The molecule has 2 unspecified atom stereocenters. The highest BCUT2D eigenvalue weighted by Gasteiger charge is 2.25. The van der Waals surface area contributed by atoms with Crippen LogP contribution < -0.4 is 4.90 Å². The molecule has 0 bridgehead atoms. The molecule has 0 N–H and O–H groups in total. The lowest BCUT2D eigenvalue weighted by atomic mass is 9.89. The van der Waals surface area contributed by atoms with E-state index in [0.29, 0.717) is 6.04 Å². The van der Waals surface area contributed by atoms with Gasteiger partial charge in [0.25, 0.3) is 0 Å². The zero-order valence-corrected chi connectivity index (χ0v) is 10.5. The average Bonchev–Trinajstić information content (AvgIpc) is 2.31. The predicted molar refractivity (Wildman–Crippen MR) is 70.5 cm³/mol. The quantitative estimate of drug-likeness (QED) is 0.762. The van der Waals surface area contributed by atoms with Crippen LogP contribution in [0.1, 0.15) is 32.6 Å². The predicted octanol–water partition coefficient (Wildman–Crippen LogP) is 4.04. The Morgan fingerprint density at radius 2 is 2.06 bits per heavy atom. The van der Waals surface area contributed by atoms with E-state index < -0.39 is 0 Å². The maximum atomic E-state index is 12.9. The minimum Gasteiger partial charge on any atom is -0.369 e. The highest BCUT2D eigenvalue weighted by molar-refractivity contribution is 5.47. The van der Waals surface area contributed by atoms with Gasteiger partial charge in [-0.15, -0.1) is 0 Å². The number of benzene rings is 1. The molecule has 0 aliphatic carbocycles. The van der Waals surface area contributed by atoms with Crippen molar-refractivity contribution in [3.05, 3.63) is 37.0 Å². The zero-order valence-electron chi connectivity index (χ0n) is 10.5. The summed E-state index contributed by atoms with van der Waals surface area (Å²) in [6.07, 6.45) is 4.55. The van der Waals surface area contributed by atoms with Crippen molar-refractivity contribution in [3.8, 4) is 0 Å². The zero-order chi connectivity index (χ0) is 12.3. The monoisotopic (exact) mass is 234 g/mol. The van der Waals surface area contributed by atoms with Crippen molar-refractivity contribution in [2.45, 2.75) is 38.6 Å². The summed E-state index contributed by atoms with van der Waals surface area (Å²) in [4.78, 5) is 2.42. The van der Waals surface area contributed by atoms with Crippen molar-refractivity contribution in [1.29, 1.82) is 0 Å². The molecule has 0 aromatic heterocycles. The normalized spacial score (nSPS) is 25.0. The lowest BCUT2D eigenvalue weighted by molar-refractivity contribution is 0.351. The van der Waals surface area contributed by atoms with Gasteiger partial charge >= 0.3 is 0 Å². The van der Waals surface area contributed by atoms with Crippen LogP contribution in [0.25, 0.3) is 0 Å². The third-order valence-corrected chi connectivity index (χ3v) is 3.67. The molecule has 1 aliphatic rings. The molecule has 1 saturated heterocycles. The van der Waals surface area contributed by atoms with Crippen molar-refractivity contribution in [1.82, 2.24) is 0 Å². The smallest absolute Gasteiger partial charge is 0.123 e. The second-order valence-corrected chi connectivity index (χ2v) is 5.10. The van der Waals surface area contributed by atoms with Gasteiger partial charge in [0.2, 0.25) is 0 Å². The Hall–Kier alpha value is -1.05. The lowest BCUT2D eigenvalue weighted by Gasteiger charge is -2.40. The molecule has 1 fully saturated rings. The van der Waals surface area contributed by atoms with Crippen LogP contribution in [0, 0.1) is 18.7 Å². The van der Waals surface area contributed by atoms with Crippen molar-refractivity contribution in [2.24, 2.45) is 5.92 Å². The van der Waals surface area contributed by atoms with Crippen LogP contribution in [0.3, 0.4) is 0 Å². The third-order valence-electron chi connectivity index (χ3n) is 3.67. The molecule has 1 aliphatic heterocycles. The number of hydrogen-bond donors (Lipinski definition) is 0. The number of rotatable bonds is 3. The summed E-state index contributed by atoms with van der Waals surface area (Å²) < 4.78 is 12.9. The van der Waals surface area contributed by atoms with Gasteiger partial charge < -0.3 is 4.90 Å². The Labute approximate surface area is 104 Å². The molecule has 2 atom stereocenters. The van der Waals surface area contributed by atoms with Crippen LogP contribution >= 0.6 is 0 Å². The molecule has 1 radical (unpaired) electrons. The Morgan fingerprint density at radius 1 is 1.35 bits per heavy atom. The minimum absolute atomic E-state index is 0.159. The Bertz CT molecular complexity index is 346. The van der Waals surface area contributed by atoms with E-state index in [-0.39, 0.29) is 5.82 Å². The first kappa shape index (κ1) is 12.4. The summed E-state index contributed by atoms with van der Waals surface area (Å²) in [5.41, 5.74) is 1.15. The van der Waals surface area contributed by atoms with E-state index in [1.165, 1.54) is 12.8 Å². The van der Waals surface area contributed by atoms with Crippen LogP contribution in [0.4, 0.5) is 10.1 Å². The second kappa shape index (κ2) is 5.52. The van der Waals surface area contributed by atoms with E-state index in [1.807, 2.05) is 12.1 Å². The Balaban J connectivity index is 2.14. The molecule has 0 amide bonds. The van der Waals surface area contributed by atoms with Gasteiger partial charge in [-0.2, -0.15) is 0 Å². The molecule has 2 heteroatoms. The van der Waals surface area contributed by atoms with Gasteiger partial charge in [0.05, 0.1) is 0 Å². The third kappa shape index (κ3) is 2.99. The largest absolute Gasteiger partial charge is 0.369 e. The summed E-state index contributed by atoms with van der Waals surface area (Å²) in [5.74, 6) is 0.635. The SMILES string of the molecule is [CH2]CCC1CC(C)CCN1c1ccc(F)cc1. The summed E-state index contributed by atoms with van der Waals surface area (Å²) in [6, 6.07) is 7.45. The molecule has 93 valence electrons. The van der Waals surface area contributed by atoms with E-state index in [2.05, 4.69) is 18.7 Å². The highest BCUT2D eigenvalue weighted by atomic mass is 19.1. The van der Waals surface area contributed by atoms with Crippen molar-refractivity contribution in [3.63, 3.8) is 0 Å². The lowest BCUT2D eigenvalue weighted by Crippen LogP contribution is -2.42. The van der Waals surface area contributed by atoms with Crippen molar-refractivity contribution in [2.75, 3.05) is 11.4 Å². The fourth-order valence-corrected chi connectivity index (χ4v) is 2.73. The van der Waals surface area contributed by atoms with Crippen molar-refractivity contribution >= 4 is 5.69 Å². The van der Waals surface area contributed by atoms with E-state index in [1.54, 1.807) is 12.1 Å². The van der Waals surface area contributed by atoms with Crippen LogP contribution in [0.2, 0.25) is 0 Å². The number of halogens is 1. The first-order chi connectivity index (χ1) is 8.20. The van der Waals surface area contributed by atoms with Gasteiger partial charge in [0.1, 0.15) is 5.82 Å². The van der Waals surface area contributed by atoms with Gasteiger partial charge in [0.15, 0.2) is 0 Å². The maximum Gasteiger partial charge on any atom is 0.123 e. The highest BCUT2D eigenvalue weighted by Crippen LogP contribution is 2.30. The van der Waals surface area contributed by atoms with E-state index in [4.69, 9.17) is 0 Å². The van der Waals surface area contributed by atoms with Gasteiger partial charge in [0, 0.05) is 18.3 Å². The van der Waals surface area contributed by atoms with Gasteiger partial charge in [-0.25, -0.2) is 4.39 Å². The Kier molecular flexibility index (Phi) is 4.03. The number of anilines is 1. The Morgan fingerprint density at radius 3 is 2.71 bits per heavy atom. The van der Waals surface area contributed by atoms with Crippen molar-refractivity contribution < 1.29 is 4.39 Å². The standard InChI is InChI=1S/C15H21FN/c1-3-4-15-11-12(2)9-10-17(15)14-7-5-13(16)6-8-14/h5-8,12,15H,1,3-4,9-11H2,2H3. The van der Waals surface area contributed by atoms with Gasteiger partial charge in [-0.1, -0.05) is 20.3 Å². The maximum absolute atomic E-state index is 12.9. The number of hydrogen-bond acceptors (Lipinski definition) is 1. The summed E-state index contributed by atoms with van der Waals surface area (Å²) in [6.45, 7) is 7.36. The molecule has 1 heterocycles. The van der Waals surface area contributed by atoms with Crippen LogP contribution in [-0.2, 0) is 0 Å². The second-order valence-electron chi connectivity index (χ2n) is 5.10. The fraction of sp³-hybridized carbons (Fsp3) is 0.533. The topological polar surface area (TPSA) is 3.24 Å². The summed E-state index contributed by atoms with van der Waals surface area (Å²) >= 11 is 0. The molecule has 0 spiro atoms. The molecule has 2 rings (SSSR count). The number of nitrogens with zero attached hydrogens (tertiary/aromatic N) is 1. The van der Waals surface area contributed by atoms with E-state index >= 15 is 0 Å². The van der Waals surface area contributed by atoms with Crippen LogP contribution in [0.5, 0.6) is 0 Å². The molecule has 1 aromatic rings. The molecule has 17 heavy (non-hydrogen) atoms. The van der Waals surface area contributed by atoms with Crippen LogP contribution in [-0.4, -0.2) is 12.6 Å². The molecule has 0 saturated carbocycles. The summed E-state index contributed by atoms with van der Waals surface area (Å²) in [7, 11) is 0. The molecule has 1 nitrogen and oxygen atoms in total. The minimum atomic E-state index is -0.159. The first-order valence-electron chi connectivity index (χ1n) is 6.52. The summed E-state index contributed by atoms with van der Waals surface area (Å²) in [5, 5.41) is 0. The number of piperidine rings is 1. The van der Waals surface area contributed by atoms with Crippen LogP contribution in [0.15, 0.2) is 24.3 Å². The van der Waals surface area contributed by atoms with Gasteiger partial charge in [-0.05, 0) is 49.4 Å². The van der Waals surface area contributed by atoms with E-state index in [0.717, 1.165) is 31.0 Å². The van der Waals surface area contributed by atoms with E-state index in [9.17, 15) is 4.39 Å².